The highest BCUT2D eigenvalue weighted by atomic mass is 16.6. The fourth-order valence-electron chi connectivity index (χ4n) is 4.39. The molecule has 4 rings (SSSR count). The maximum Gasteiger partial charge on any atom is 0.343 e. The molecule has 0 spiro atoms. The van der Waals surface area contributed by atoms with Crippen molar-refractivity contribution in [3.05, 3.63) is 58.1 Å². The number of benzene rings is 2. The summed E-state index contributed by atoms with van der Waals surface area (Å²) in [6.07, 6.45) is 0. The molecule has 0 aromatic heterocycles. The van der Waals surface area contributed by atoms with E-state index in [4.69, 9.17) is 9.47 Å². The van der Waals surface area contributed by atoms with Gasteiger partial charge in [0.2, 0.25) is 0 Å². The predicted molar refractivity (Wildman–Crippen MR) is 130 cm³/mol. The molecule has 2 aliphatic heterocycles. The molecule has 9 heteroatoms. The third-order valence-electron chi connectivity index (χ3n) is 5.93. The van der Waals surface area contributed by atoms with Gasteiger partial charge in [0.15, 0.2) is 11.5 Å². The Hall–Kier alpha value is -4.01. The maximum atomic E-state index is 13.2. The SMILES string of the molecule is CCOc1c(OC(=O)c2ccc3c(c2)C(=O)N(C(C)(C)C)C3=O)ccc2c1C(=O)N(C(C)(C)C)C2=O. The maximum absolute atomic E-state index is 13.2. The number of hydrogen-bond acceptors (Lipinski definition) is 7. The van der Waals surface area contributed by atoms with Crippen LogP contribution in [0.15, 0.2) is 30.3 Å². The first-order chi connectivity index (χ1) is 16.7. The third kappa shape index (κ3) is 3.84. The summed E-state index contributed by atoms with van der Waals surface area (Å²) in [6.45, 7) is 12.4. The van der Waals surface area contributed by atoms with Crippen molar-refractivity contribution in [2.24, 2.45) is 0 Å². The van der Waals surface area contributed by atoms with Crippen LogP contribution in [-0.4, -0.2) is 57.1 Å². The largest absolute Gasteiger partial charge is 0.489 e. The van der Waals surface area contributed by atoms with Crippen molar-refractivity contribution in [3.8, 4) is 11.5 Å². The van der Waals surface area contributed by atoms with Gasteiger partial charge in [-0.05, 0) is 78.8 Å². The van der Waals surface area contributed by atoms with Gasteiger partial charge in [-0.1, -0.05) is 0 Å². The summed E-state index contributed by atoms with van der Waals surface area (Å²) in [5.74, 6) is -2.74. The minimum atomic E-state index is -0.808. The van der Waals surface area contributed by atoms with Gasteiger partial charge in [-0.15, -0.1) is 0 Å². The lowest BCUT2D eigenvalue weighted by Crippen LogP contribution is -2.45. The van der Waals surface area contributed by atoms with Gasteiger partial charge in [0.25, 0.3) is 23.6 Å². The van der Waals surface area contributed by atoms with Gasteiger partial charge in [0.05, 0.1) is 34.4 Å². The molecule has 0 bridgehead atoms. The van der Waals surface area contributed by atoms with Crippen molar-refractivity contribution >= 4 is 29.6 Å². The van der Waals surface area contributed by atoms with E-state index in [9.17, 15) is 24.0 Å². The van der Waals surface area contributed by atoms with Gasteiger partial charge < -0.3 is 9.47 Å². The molecule has 4 amide bonds. The van der Waals surface area contributed by atoms with Crippen LogP contribution in [0.2, 0.25) is 0 Å². The first kappa shape index (κ1) is 25.1. The number of rotatable bonds is 4. The molecule has 2 aromatic carbocycles. The highest BCUT2D eigenvalue weighted by Gasteiger charge is 2.45. The molecule has 2 heterocycles. The normalized spacial score (nSPS) is 15.4. The molecule has 2 aromatic rings. The zero-order valence-electron chi connectivity index (χ0n) is 21.3. The Balaban J connectivity index is 1.69. The van der Waals surface area contributed by atoms with E-state index in [0.717, 1.165) is 9.80 Å². The van der Waals surface area contributed by atoms with E-state index >= 15 is 0 Å². The first-order valence-corrected chi connectivity index (χ1v) is 11.6. The molecular weight excluding hydrogens is 464 g/mol. The van der Waals surface area contributed by atoms with E-state index in [2.05, 4.69) is 0 Å². The summed E-state index contributed by atoms with van der Waals surface area (Å²) in [5, 5.41) is 0. The van der Waals surface area contributed by atoms with Gasteiger partial charge >= 0.3 is 5.97 Å². The zero-order valence-corrected chi connectivity index (χ0v) is 21.3. The van der Waals surface area contributed by atoms with Crippen molar-refractivity contribution in [1.82, 2.24) is 9.80 Å². The van der Waals surface area contributed by atoms with E-state index in [0.29, 0.717) is 0 Å². The molecule has 0 radical (unpaired) electrons. The van der Waals surface area contributed by atoms with Gasteiger partial charge in [-0.25, -0.2) is 4.79 Å². The fraction of sp³-hybridized carbons (Fsp3) is 0.370. The molecule has 0 saturated heterocycles. The molecule has 0 saturated carbocycles. The van der Waals surface area contributed by atoms with Crippen molar-refractivity contribution in [2.75, 3.05) is 6.61 Å². The summed E-state index contributed by atoms with van der Waals surface area (Å²) in [4.78, 5) is 67.0. The Morgan fingerprint density at radius 3 is 1.86 bits per heavy atom. The zero-order chi connectivity index (χ0) is 26.7. The van der Waals surface area contributed by atoms with Gasteiger partial charge in [-0.2, -0.15) is 0 Å². The lowest BCUT2D eigenvalue weighted by molar-refractivity contribution is 0.0488. The molecule has 188 valence electrons. The second-order valence-electron chi connectivity index (χ2n) is 10.6. The van der Waals surface area contributed by atoms with Crippen LogP contribution in [0.4, 0.5) is 0 Å². The van der Waals surface area contributed by atoms with E-state index in [1.54, 1.807) is 48.5 Å². The number of nitrogens with zero attached hydrogens (tertiary/aromatic N) is 2. The summed E-state index contributed by atoms with van der Waals surface area (Å²) in [7, 11) is 0. The van der Waals surface area contributed by atoms with Crippen LogP contribution in [0.3, 0.4) is 0 Å². The van der Waals surface area contributed by atoms with E-state index in [-0.39, 0.29) is 45.9 Å². The number of amides is 4. The van der Waals surface area contributed by atoms with Crippen LogP contribution in [0.25, 0.3) is 0 Å². The molecule has 0 aliphatic carbocycles. The van der Waals surface area contributed by atoms with Crippen LogP contribution in [0.5, 0.6) is 11.5 Å². The van der Waals surface area contributed by atoms with Gasteiger partial charge in [0, 0.05) is 11.1 Å². The van der Waals surface area contributed by atoms with Crippen LogP contribution in [0, 0.1) is 0 Å². The summed E-state index contributed by atoms with van der Waals surface area (Å²) < 4.78 is 11.2. The van der Waals surface area contributed by atoms with Crippen LogP contribution >= 0.6 is 0 Å². The molecule has 9 nitrogen and oxygen atoms in total. The number of ether oxygens (including phenoxy) is 2. The van der Waals surface area contributed by atoms with Gasteiger partial charge in [-0.3, -0.25) is 29.0 Å². The predicted octanol–water partition coefficient (Wildman–Crippen LogP) is 4.09. The van der Waals surface area contributed by atoms with Gasteiger partial charge in [0.1, 0.15) is 0 Å². The van der Waals surface area contributed by atoms with E-state index in [1.807, 2.05) is 0 Å². The number of imide groups is 2. The molecule has 36 heavy (non-hydrogen) atoms. The average molecular weight is 493 g/mol. The number of carbonyl (C=O) groups is 5. The second kappa shape index (κ2) is 8.29. The Labute approximate surface area is 209 Å². The highest BCUT2D eigenvalue weighted by molar-refractivity contribution is 6.24. The van der Waals surface area contributed by atoms with Crippen molar-refractivity contribution < 1.29 is 33.4 Å². The summed E-state index contributed by atoms with van der Waals surface area (Å²) in [6, 6.07) is 6.99. The number of carbonyl (C=O) groups excluding carboxylic acids is 5. The molecule has 0 N–H and O–H groups in total. The minimum absolute atomic E-state index is 0.000211. The Morgan fingerprint density at radius 2 is 1.28 bits per heavy atom. The number of fused-ring (bicyclic) bond motifs is 2. The molecule has 2 aliphatic rings. The van der Waals surface area contributed by atoms with Crippen LogP contribution in [-0.2, 0) is 0 Å². The average Bonchev–Trinajstić information content (AvgIpc) is 3.18. The lowest BCUT2D eigenvalue weighted by Gasteiger charge is -2.29. The Bertz CT molecular complexity index is 1350. The monoisotopic (exact) mass is 492 g/mol. The van der Waals surface area contributed by atoms with Crippen molar-refractivity contribution in [1.29, 1.82) is 0 Å². The highest BCUT2D eigenvalue weighted by Crippen LogP contribution is 2.41. The molecule has 0 atom stereocenters. The Morgan fingerprint density at radius 1 is 0.750 bits per heavy atom. The lowest BCUT2D eigenvalue weighted by atomic mass is 10.1. The minimum Gasteiger partial charge on any atom is -0.489 e. The Kier molecular flexibility index (Phi) is 5.78. The molecule has 0 fully saturated rings. The quantitative estimate of drug-likeness (QED) is 0.359. The standard InChI is InChI=1S/C27H28N2O7/c1-8-35-20-18(12-11-16-19(20)24(33)29(22(16)31)27(5,6)7)36-25(34)14-9-10-15-17(13-14)23(32)28(21(15)30)26(2,3)4/h9-13H,8H2,1-7H3. The number of hydrogen-bond donors (Lipinski definition) is 0. The van der Waals surface area contributed by atoms with Crippen molar-refractivity contribution in [3.63, 3.8) is 0 Å². The van der Waals surface area contributed by atoms with Crippen molar-refractivity contribution in [2.45, 2.75) is 59.5 Å². The summed E-state index contributed by atoms with van der Waals surface area (Å²) in [5.41, 5.74) is -0.902. The smallest absolute Gasteiger partial charge is 0.343 e. The first-order valence-electron chi connectivity index (χ1n) is 11.6. The van der Waals surface area contributed by atoms with Crippen LogP contribution < -0.4 is 9.47 Å². The fourth-order valence-corrected chi connectivity index (χ4v) is 4.39. The molecule has 0 unspecified atom stereocenters. The second-order valence-corrected chi connectivity index (χ2v) is 10.6. The summed E-state index contributed by atoms with van der Waals surface area (Å²) >= 11 is 0. The number of esters is 1. The van der Waals surface area contributed by atoms with Crippen LogP contribution in [0.1, 0.15) is 100 Å². The van der Waals surface area contributed by atoms with E-state index < -0.39 is 40.7 Å². The topological polar surface area (TPSA) is 110 Å². The third-order valence-corrected chi connectivity index (χ3v) is 5.93. The molecular formula is C27H28N2O7. The van der Waals surface area contributed by atoms with E-state index in [1.165, 1.54) is 30.3 Å².